The number of carbonyl (C=O) groups is 1. The Morgan fingerprint density at radius 3 is 2.36 bits per heavy atom. The lowest BCUT2D eigenvalue weighted by Crippen LogP contribution is -2.37. The van der Waals surface area contributed by atoms with Gasteiger partial charge in [-0.2, -0.15) is 0 Å². The van der Waals surface area contributed by atoms with Crippen LogP contribution < -0.4 is 0 Å². The molecule has 2 rings (SSSR count). The first kappa shape index (κ1) is 10.3. The lowest BCUT2D eigenvalue weighted by atomic mass is 10.2. The largest absolute Gasteiger partial charge is 0.342 e. The lowest BCUT2D eigenvalue weighted by Gasteiger charge is -2.23. The first-order chi connectivity index (χ1) is 6.88. The van der Waals surface area contributed by atoms with Gasteiger partial charge in [0.05, 0.1) is 5.25 Å². The van der Waals surface area contributed by atoms with Crippen molar-refractivity contribution < 1.29 is 4.79 Å². The highest BCUT2D eigenvalue weighted by Crippen LogP contribution is 2.28. The monoisotopic (exact) mass is 213 g/mol. The third-order valence-corrected chi connectivity index (χ3v) is 4.49. The smallest absolute Gasteiger partial charge is 0.235 e. The van der Waals surface area contributed by atoms with Crippen molar-refractivity contribution in [2.75, 3.05) is 18.8 Å². The molecule has 0 N–H and O–H groups in total. The van der Waals surface area contributed by atoms with Gasteiger partial charge in [-0.3, -0.25) is 4.79 Å². The van der Waals surface area contributed by atoms with Crippen molar-refractivity contribution in [1.82, 2.24) is 4.90 Å². The van der Waals surface area contributed by atoms with Crippen LogP contribution in [0.15, 0.2) is 0 Å². The molecule has 1 atom stereocenters. The Labute approximate surface area is 90.4 Å². The molecule has 2 aliphatic heterocycles. The summed E-state index contributed by atoms with van der Waals surface area (Å²) in [6.07, 6.45) is 7.38. The van der Waals surface area contributed by atoms with Crippen LogP contribution in [0.25, 0.3) is 0 Å². The lowest BCUT2D eigenvalue weighted by molar-refractivity contribution is -0.130. The van der Waals surface area contributed by atoms with Gasteiger partial charge in [0, 0.05) is 13.1 Å². The molecule has 1 unspecified atom stereocenters. The summed E-state index contributed by atoms with van der Waals surface area (Å²) in [4.78, 5) is 14.2. The number of hydrogen-bond donors (Lipinski definition) is 0. The Bertz CT molecular complexity index is 193. The van der Waals surface area contributed by atoms with Crippen molar-refractivity contribution in [3.63, 3.8) is 0 Å². The molecule has 80 valence electrons. The van der Waals surface area contributed by atoms with Crippen LogP contribution in [0, 0.1) is 0 Å². The molecule has 0 saturated carbocycles. The van der Waals surface area contributed by atoms with Crippen LogP contribution in [-0.2, 0) is 4.79 Å². The van der Waals surface area contributed by atoms with E-state index in [4.69, 9.17) is 0 Å². The molecule has 3 heteroatoms. The molecule has 0 aromatic carbocycles. The van der Waals surface area contributed by atoms with Crippen molar-refractivity contribution in [2.24, 2.45) is 0 Å². The predicted molar refractivity (Wildman–Crippen MR) is 60.5 cm³/mol. The van der Waals surface area contributed by atoms with Gasteiger partial charge in [-0.15, -0.1) is 11.8 Å². The zero-order valence-corrected chi connectivity index (χ0v) is 9.52. The van der Waals surface area contributed by atoms with E-state index in [1.165, 1.54) is 37.9 Å². The second-order valence-corrected chi connectivity index (χ2v) is 5.55. The molecule has 2 saturated heterocycles. The average molecular weight is 213 g/mol. The maximum Gasteiger partial charge on any atom is 0.235 e. The summed E-state index contributed by atoms with van der Waals surface area (Å²) in [5, 5.41) is 0.299. The fraction of sp³-hybridized carbons (Fsp3) is 0.909. The van der Waals surface area contributed by atoms with E-state index in [2.05, 4.69) is 4.90 Å². The molecule has 14 heavy (non-hydrogen) atoms. The first-order valence-corrected chi connectivity index (χ1v) is 6.83. The molecule has 0 spiro atoms. The SMILES string of the molecule is O=C(C1CCCS1)N1CCCCCC1. The van der Waals surface area contributed by atoms with Crippen LogP contribution >= 0.6 is 11.8 Å². The standard InChI is InChI=1S/C11H19NOS/c13-11(10-6-5-9-14-10)12-7-3-1-2-4-8-12/h10H,1-9H2. The topological polar surface area (TPSA) is 20.3 Å². The van der Waals surface area contributed by atoms with Crippen LogP contribution in [0.3, 0.4) is 0 Å². The van der Waals surface area contributed by atoms with Gasteiger partial charge in [-0.1, -0.05) is 12.8 Å². The van der Waals surface area contributed by atoms with Gasteiger partial charge < -0.3 is 4.90 Å². The van der Waals surface area contributed by atoms with Gasteiger partial charge in [0.25, 0.3) is 0 Å². The van der Waals surface area contributed by atoms with Gasteiger partial charge in [-0.05, 0) is 31.4 Å². The van der Waals surface area contributed by atoms with Gasteiger partial charge in [-0.25, -0.2) is 0 Å². The van der Waals surface area contributed by atoms with Crippen LogP contribution in [-0.4, -0.2) is 34.9 Å². The second-order valence-electron chi connectivity index (χ2n) is 4.24. The quantitative estimate of drug-likeness (QED) is 0.666. The normalized spacial score (nSPS) is 28.9. The summed E-state index contributed by atoms with van der Waals surface area (Å²) >= 11 is 1.86. The number of nitrogens with zero attached hydrogens (tertiary/aromatic N) is 1. The number of hydrogen-bond acceptors (Lipinski definition) is 2. The van der Waals surface area contributed by atoms with E-state index in [1.807, 2.05) is 11.8 Å². The van der Waals surface area contributed by atoms with Crippen molar-refractivity contribution in [3.05, 3.63) is 0 Å². The second kappa shape index (κ2) is 5.06. The Morgan fingerprint density at radius 2 is 1.79 bits per heavy atom. The molecule has 0 aromatic rings. The summed E-state index contributed by atoms with van der Waals surface area (Å²) in [6.45, 7) is 2.02. The summed E-state index contributed by atoms with van der Waals surface area (Å²) in [5.74, 6) is 1.61. The fourth-order valence-electron chi connectivity index (χ4n) is 2.27. The summed E-state index contributed by atoms with van der Waals surface area (Å²) in [7, 11) is 0. The minimum Gasteiger partial charge on any atom is -0.342 e. The molecule has 0 aliphatic carbocycles. The maximum absolute atomic E-state index is 12.1. The zero-order valence-electron chi connectivity index (χ0n) is 8.71. The van der Waals surface area contributed by atoms with E-state index in [0.717, 1.165) is 19.5 Å². The number of carbonyl (C=O) groups excluding carboxylic acids is 1. The summed E-state index contributed by atoms with van der Waals surface area (Å²) in [5.41, 5.74) is 0. The average Bonchev–Trinajstić information content (AvgIpc) is 2.59. The molecule has 2 aliphatic rings. The Hall–Kier alpha value is -0.180. The van der Waals surface area contributed by atoms with Crippen molar-refractivity contribution in [3.8, 4) is 0 Å². The van der Waals surface area contributed by atoms with Crippen LogP contribution in [0.5, 0.6) is 0 Å². The molecule has 0 aromatic heterocycles. The number of amides is 1. The van der Waals surface area contributed by atoms with Gasteiger partial charge >= 0.3 is 0 Å². The zero-order chi connectivity index (χ0) is 9.80. The number of thioether (sulfide) groups is 1. The number of likely N-dealkylation sites (tertiary alicyclic amines) is 1. The molecule has 1 amide bonds. The van der Waals surface area contributed by atoms with E-state index in [0.29, 0.717) is 11.2 Å². The van der Waals surface area contributed by atoms with E-state index in [9.17, 15) is 4.79 Å². The number of rotatable bonds is 1. The molecular weight excluding hydrogens is 194 g/mol. The molecular formula is C11H19NOS. The van der Waals surface area contributed by atoms with E-state index < -0.39 is 0 Å². The summed E-state index contributed by atoms with van der Waals surface area (Å²) in [6, 6.07) is 0. The third kappa shape index (κ3) is 2.44. The Balaban J connectivity index is 1.88. The fourth-order valence-corrected chi connectivity index (χ4v) is 3.51. The highest BCUT2D eigenvalue weighted by atomic mass is 32.2. The highest BCUT2D eigenvalue weighted by molar-refractivity contribution is 8.00. The van der Waals surface area contributed by atoms with Gasteiger partial charge in [0.15, 0.2) is 0 Å². The van der Waals surface area contributed by atoms with Gasteiger partial charge in [0.2, 0.25) is 5.91 Å². The molecule has 0 radical (unpaired) electrons. The Morgan fingerprint density at radius 1 is 1.07 bits per heavy atom. The predicted octanol–water partition coefficient (Wildman–Crippen LogP) is 2.28. The molecule has 0 bridgehead atoms. The maximum atomic E-state index is 12.1. The third-order valence-electron chi connectivity index (χ3n) is 3.12. The van der Waals surface area contributed by atoms with Crippen LogP contribution in [0.4, 0.5) is 0 Å². The molecule has 2 fully saturated rings. The molecule has 2 nitrogen and oxygen atoms in total. The Kier molecular flexibility index (Phi) is 3.74. The molecule has 2 heterocycles. The van der Waals surface area contributed by atoms with E-state index >= 15 is 0 Å². The van der Waals surface area contributed by atoms with Gasteiger partial charge in [0.1, 0.15) is 0 Å². The minimum absolute atomic E-state index is 0.299. The van der Waals surface area contributed by atoms with E-state index in [-0.39, 0.29) is 0 Å². The highest BCUT2D eigenvalue weighted by Gasteiger charge is 2.27. The van der Waals surface area contributed by atoms with Crippen molar-refractivity contribution >= 4 is 17.7 Å². The summed E-state index contributed by atoms with van der Waals surface area (Å²) < 4.78 is 0. The minimum atomic E-state index is 0.299. The van der Waals surface area contributed by atoms with E-state index in [1.54, 1.807) is 0 Å². The van der Waals surface area contributed by atoms with Crippen LogP contribution in [0.1, 0.15) is 38.5 Å². The van der Waals surface area contributed by atoms with Crippen molar-refractivity contribution in [2.45, 2.75) is 43.8 Å². The first-order valence-electron chi connectivity index (χ1n) is 5.78. The van der Waals surface area contributed by atoms with Crippen LogP contribution in [0.2, 0.25) is 0 Å². The van der Waals surface area contributed by atoms with Crippen molar-refractivity contribution in [1.29, 1.82) is 0 Å².